The minimum atomic E-state index is -3.56. The number of ether oxygens (including phenoxy) is 1. The van der Waals surface area contributed by atoms with Gasteiger partial charge in [0.25, 0.3) is 0 Å². The molecule has 2 aromatic carbocycles. The lowest BCUT2D eigenvalue weighted by Gasteiger charge is -2.30. The second-order valence-electron chi connectivity index (χ2n) is 8.78. The van der Waals surface area contributed by atoms with E-state index in [1.54, 1.807) is 38.3 Å². The third-order valence-corrected chi connectivity index (χ3v) is 7.37. The summed E-state index contributed by atoms with van der Waals surface area (Å²) >= 11 is 5.93. The first-order chi connectivity index (χ1) is 17.0. The molecule has 0 aliphatic heterocycles. The van der Waals surface area contributed by atoms with Gasteiger partial charge in [-0.15, -0.1) is 0 Å². The number of hydrogen-bond acceptors (Lipinski definition) is 5. The molecule has 0 saturated heterocycles. The number of nitrogens with one attached hydrogen (secondary N) is 1. The quantitative estimate of drug-likeness (QED) is 0.412. The van der Waals surface area contributed by atoms with Crippen molar-refractivity contribution >= 4 is 39.1 Å². The topological polar surface area (TPSA) is 96.0 Å². The summed E-state index contributed by atoms with van der Waals surface area (Å²) < 4.78 is 31.3. The Balaban J connectivity index is 2.18. The highest BCUT2D eigenvalue weighted by Crippen LogP contribution is 2.22. The standard InChI is InChI=1S/C26H36ClN3O5S/c1-6-19(2)28-26(32)20(3)29(18-21-9-7-10-24(17-21)35-4)25(31)11-8-16-30(36(5,33)34)23-14-12-22(27)13-15-23/h7,9-10,12-15,17,19-20H,6,8,11,16,18H2,1-5H3,(H,28,32)/t19-,20+/m1/s1. The average molecular weight is 538 g/mol. The molecule has 0 unspecified atom stereocenters. The molecule has 0 aliphatic rings. The van der Waals surface area contributed by atoms with Crippen molar-refractivity contribution in [3.63, 3.8) is 0 Å². The lowest BCUT2D eigenvalue weighted by atomic mass is 10.1. The molecular formula is C26H36ClN3O5S. The van der Waals surface area contributed by atoms with E-state index in [1.807, 2.05) is 38.1 Å². The van der Waals surface area contributed by atoms with Crippen LogP contribution in [0, 0.1) is 0 Å². The molecule has 0 aromatic heterocycles. The van der Waals surface area contributed by atoms with Crippen molar-refractivity contribution < 1.29 is 22.7 Å². The fraction of sp³-hybridized carbons (Fsp3) is 0.462. The third-order valence-electron chi connectivity index (χ3n) is 5.92. The molecule has 36 heavy (non-hydrogen) atoms. The van der Waals surface area contributed by atoms with Crippen LogP contribution in [0.25, 0.3) is 0 Å². The van der Waals surface area contributed by atoms with Gasteiger partial charge in [0.05, 0.1) is 19.1 Å². The molecule has 0 aliphatic carbocycles. The number of halogens is 1. The van der Waals surface area contributed by atoms with Gasteiger partial charge in [-0.25, -0.2) is 8.42 Å². The summed E-state index contributed by atoms with van der Waals surface area (Å²) in [7, 11) is -2.00. The lowest BCUT2D eigenvalue weighted by Crippen LogP contribution is -2.49. The van der Waals surface area contributed by atoms with E-state index < -0.39 is 16.1 Å². The predicted molar refractivity (Wildman–Crippen MR) is 144 cm³/mol. The molecule has 0 heterocycles. The zero-order valence-electron chi connectivity index (χ0n) is 21.5. The van der Waals surface area contributed by atoms with E-state index in [0.29, 0.717) is 16.5 Å². The smallest absolute Gasteiger partial charge is 0.242 e. The Labute approximate surface area is 219 Å². The van der Waals surface area contributed by atoms with Crippen LogP contribution in [-0.4, -0.2) is 57.1 Å². The number of carbonyl (C=O) groups excluding carboxylic acids is 2. The molecule has 2 rings (SSSR count). The van der Waals surface area contributed by atoms with Crippen molar-refractivity contribution in [2.45, 2.75) is 58.7 Å². The van der Waals surface area contributed by atoms with E-state index in [-0.39, 0.29) is 43.8 Å². The van der Waals surface area contributed by atoms with Crippen molar-refractivity contribution in [1.29, 1.82) is 0 Å². The van der Waals surface area contributed by atoms with Gasteiger partial charge in [-0.05, 0) is 68.7 Å². The molecule has 2 atom stereocenters. The van der Waals surface area contributed by atoms with Gasteiger partial charge in [0.15, 0.2) is 0 Å². The summed E-state index contributed by atoms with van der Waals surface area (Å²) in [4.78, 5) is 27.7. The third kappa shape index (κ3) is 8.71. The van der Waals surface area contributed by atoms with E-state index in [2.05, 4.69) is 5.32 Å². The first-order valence-corrected chi connectivity index (χ1v) is 14.1. The van der Waals surface area contributed by atoms with Gasteiger partial charge in [0, 0.05) is 30.6 Å². The van der Waals surface area contributed by atoms with Crippen LogP contribution in [0.4, 0.5) is 5.69 Å². The molecule has 10 heteroatoms. The zero-order valence-corrected chi connectivity index (χ0v) is 23.1. The summed E-state index contributed by atoms with van der Waals surface area (Å²) in [6.45, 7) is 5.93. The number of anilines is 1. The van der Waals surface area contributed by atoms with Gasteiger partial charge >= 0.3 is 0 Å². The second-order valence-corrected chi connectivity index (χ2v) is 11.1. The van der Waals surface area contributed by atoms with E-state index in [0.717, 1.165) is 18.2 Å². The first-order valence-electron chi connectivity index (χ1n) is 11.9. The average Bonchev–Trinajstić information content (AvgIpc) is 2.84. The number of benzene rings is 2. The van der Waals surface area contributed by atoms with Gasteiger partial charge in [0.2, 0.25) is 21.8 Å². The molecule has 0 spiro atoms. The van der Waals surface area contributed by atoms with Crippen LogP contribution < -0.4 is 14.4 Å². The molecule has 198 valence electrons. The number of sulfonamides is 1. The van der Waals surface area contributed by atoms with Gasteiger partial charge < -0.3 is 15.0 Å². The van der Waals surface area contributed by atoms with Crippen molar-refractivity contribution in [1.82, 2.24) is 10.2 Å². The number of rotatable bonds is 13. The van der Waals surface area contributed by atoms with Crippen LogP contribution in [0.3, 0.4) is 0 Å². The normalized spacial score (nSPS) is 12.9. The highest BCUT2D eigenvalue weighted by molar-refractivity contribution is 7.92. The van der Waals surface area contributed by atoms with Crippen molar-refractivity contribution in [3.8, 4) is 5.75 Å². The zero-order chi connectivity index (χ0) is 26.9. The predicted octanol–water partition coefficient (Wildman–Crippen LogP) is 4.23. The van der Waals surface area contributed by atoms with Crippen LogP contribution >= 0.6 is 11.6 Å². The molecule has 8 nitrogen and oxygen atoms in total. The van der Waals surface area contributed by atoms with Crippen molar-refractivity contribution in [2.24, 2.45) is 0 Å². The Kier molecular flexibility index (Phi) is 11.0. The maximum absolute atomic E-state index is 13.3. The monoisotopic (exact) mass is 537 g/mol. The van der Waals surface area contributed by atoms with Gasteiger partial charge in [0.1, 0.15) is 11.8 Å². The molecule has 0 radical (unpaired) electrons. The van der Waals surface area contributed by atoms with Crippen LogP contribution in [0.15, 0.2) is 48.5 Å². The minimum absolute atomic E-state index is 0.0172. The van der Waals surface area contributed by atoms with Crippen molar-refractivity contribution in [2.75, 3.05) is 24.2 Å². The fourth-order valence-electron chi connectivity index (χ4n) is 3.63. The van der Waals surface area contributed by atoms with Crippen LogP contribution in [0.1, 0.15) is 45.6 Å². The molecule has 0 fully saturated rings. The van der Waals surface area contributed by atoms with Crippen LogP contribution in [-0.2, 0) is 26.2 Å². The van der Waals surface area contributed by atoms with E-state index in [4.69, 9.17) is 16.3 Å². The number of methoxy groups -OCH3 is 1. The Hall–Kier alpha value is -2.78. The highest BCUT2D eigenvalue weighted by Gasteiger charge is 2.27. The fourth-order valence-corrected chi connectivity index (χ4v) is 4.72. The maximum Gasteiger partial charge on any atom is 0.242 e. The van der Waals surface area contributed by atoms with E-state index >= 15 is 0 Å². The summed E-state index contributed by atoms with van der Waals surface area (Å²) in [6, 6.07) is 13.1. The molecule has 2 amide bonds. The molecule has 2 aromatic rings. The van der Waals surface area contributed by atoms with Gasteiger partial charge in [-0.2, -0.15) is 0 Å². The SMILES string of the molecule is CC[C@@H](C)NC(=O)[C@H](C)N(Cc1cccc(OC)c1)C(=O)CCCN(c1ccc(Cl)cc1)S(C)(=O)=O. The van der Waals surface area contributed by atoms with Crippen molar-refractivity contribution in [3.05, 3.63) is 59.1 Å². The van der Waals surface area contributed by atoms with E-state index in [1.165, 1.54) is 9.21 Å². The number of nitrogens with zero attached hydrogens (tertiary/aromatic N) is 2. The number of hydrogen-bond donors (Lipinski definition) is 1. The summed E-state index contributed by atoms with van der Waals surface area (Å²) in [6.07, 6.45) is 2.25. The number of carbonyl (C=O) groups is 2. The van der Waals surface area contributed by atoms with Gasteiger partial charge in [-0.3, -0.25) is 13.9 Å². The lowest BCUT2D eigenvalue weighted by molar-refractivity contribution is -0.140. The minimum Gasteiger partial charge on any atom is -0.497 e. The molecule has 1 N–H and O–H groups in total. The van der Waals surface area contributed by atoms with Crippen LogP contribution in [0.2, 0.25) is 5.02 Å². The Morgan fingerprint density at radius 3 is 2.36 bits per heavy atom. The Morgan fingerprint density at radius 2 is 1.78 bits per heavy atom. The summed E-state index contributed by atoms with van der Waals surface area (Å²) in [5, 5.41) is 3.44. The first kappa shape index (κ1) is 29.5. The number of amides is 2. The summed E-state index contributed by atoms with van der Waals surface area (Å²) in [5.74, 6) is 0.178. The highest BCUT2D eigenvalue weighted by atomic mass is 35.5. The Bertz CT molecular complexity index is 1120. The van der Waals surface area contributed by atoms with Crippen LogP contribution in [0.5, 0.6) is 5.75 Å². The largest absolute Gasteiger partial charge is 0.497 e. The maximum atomic E-state index is 13.3. The molecule has 0 saturated carbocycles. The molecular weight excluding hydrogens is 502 g/mol. The summed E-state index contributed by atoms with van der Waals surface area (Å²) in [5.41, 5.74) is 1.30. The van der Waals surface area contributed by atoms with E-state index in [9.17, 15) is 18.0 Å². The van der Waals surface area contributed by atoms with Gasteiger partial charge in [-0.1, -0.05) is 30.7 Å². The second kappa shape index (κ2) is 13.5. The Morgan fingerprint density at radius 1 is 1.11 bits per heavy atom. The molecule has 0 bridgehead atoms.